The van der Waals surface area contributed by atoms with Crippen LogP contribution in [0.25, 0.3) is 0 Å². The fourth-order valence-electron chi connectivity index (χ4n) is 8.97. The predicted molar refractivity (Wildman–Crippen MR) is 330 cm³/mol. The van der Waals surface area contributed by atoms with E-state index in [9.17, 15) is 14.4 Å². The number of unbranched alkanes of at least 4 members (excludes halogenated alkanes) is 31. The summed E-state index contributed by atoms with van der Waals surface area (Å²) in [5.74, 6) is -0.896. The number of hydrogen-bond acceptors (Lipinski definition) is 6. The lowest BCUT2D eigenvalue weighted by atomic mass is 10.0. The Morgan fingerprint density at radius 2 is 0.539 bits per heavy atom. The van der Waals surface area contributed by atoms with Gasteiger partial charge in [0.1, 0.15) is 13.2 Å². The van der Waals surface area contributed by atoms with Gasteiger partial charge >= 0.3 is 17.9 Å². The second kappa shape index (κ2) is 63.9. The normalized spacial score (nSPS) is 12.7. The number of rotatable bonds is 58. The van der Waals surface area contributed by atoms with Gasteiger partial charge in [0.05, 0.1) is 0 Å². The molecule has 0 saturated heterocycles. The highest BCUT2D eigenvalue weighted by molar-refractivity contribution is 5.71. The molecule has 0 fully saturated rings. The van der Waals surface area contributed by atoms with Gasteiger partial charge in [-0.2, -0.15) is 0 Å². The van der Waals surface area contributed by atoms with Crippen molar-refractivity contribution in [2.24, 2.45) is 0 Å². The highest BCUT2D eigenvalue weighted by atomic mass is 16.6. The zero-order valence-electron chi connectivity index (χ0n) is 50.0. The van der Waals surface area contributed by atoms with Crippen LogP contribution in [0.15, 0.2) is 97.2 Å². The lowest BCUT2D eigenvalue weighted by molar-refractivity contribution is -0.167. The van der Waals surface area contributed by atoms with E-state index in [0.717, 1.165) is 122 Å². The van der Waals surface area contributed by atoms with Gasteiger partial charge in [-0.1, -0.05) is 272 Å². The van der Waals surface area contributed by atoms with Crippen molar-refractivity contribution in [2.75, 3.05) is 13.2 Å². The standard InChI is InChI=1S/C70H120O6/c1-4-7-10-13-16-19-22-25-27-29-31-32-33-34-35-36-37-38-39-41-42-45-48-51-54-57-60-63-69(72)75-66-67(65-74-68(71)62-59-56-53-50-47-44-24-21-18-15-12-9-6-3)76-70(73)64-61-58-55-52-49-46-43-40-30-28-26-23-20-17-14-11-8-5-2/h7,10,12,15-16,19,21,24-25,27-28,30-32,34-35,67H,4-6,8-9,11,13-14,17-18,20,22-23,26,29,33,36-66H2,1-3H3/b10-7-,15-12-,19-16-,24-21-,27-25-,30-28-,32-31-,35-34-. The average Bonchev–Trinajstić information content (AvgIpc) is 3.42. The van der Waals surface area contributed by atoms with E-state index < -0.39 is 6.10 Å². The Balaban J connectivity index is 4.30. The van der Waals surface area contributed by atoms with E-state index in [0.29, 0.717) is 19.3 Å². The molecule has 0 aromatic rings. The Kier molecular flexibility index (Phi) is 60.8. The number of carbonyl (C=O) groups excluding carboxylic acids is 3. The van der Waals surface area contributed by atoms with Crippen molar-refractivity contribution in [3.63, 3.8) is 0 Å². The summed E-state index contributed by atoms with van der Waals surface area (Å²) in [4.78, 5) is 38.3. The minimum Gasteiger partial charge on any atom is -0.462 e. The third-order valence-corrected chi connectivity index (χ3v) is 13.8. The van der Waals surface area contributed by atoms with Crippen LogP contribution in [-0.2, 0) is 28.6 Å². The molecule has 0 aromatic carbocycles. The third kappa shape index (κ3) is 61.2. The molecule has 76 heavy (non-hydrogen) atoms. The minimum absolute atomic E-state index is 0.0843. The van der Waals surface area contributed by atoms with Gasteiger partial charge in [-0.3, -0.25) is 14.4 Å². The van der Waals surface area contributed by atoms with Crippen molar-refractivity contribution < 1.29 is 28.6 Å². The van der Waals surface area contributed by atoms with Gasteiger partial charge in [0.25, 0.3) is 0 Å². The summed E-state index contributed by atoms with van der Waals surface area (Å²) < 4.78 is 16.9. The van der Waals surface area contributed by atoms with Crippen LogP contribution in [0.5, 0.6) is 0 Å². The Labute approximate surface area is 470 Å². The van der Waals surface area contributed by atoms with Gasteiger partial charge < -0.3 is 14.2 Å². The molecule has 0 rings (SSSR count). The maximum Gasteiger partial charge on any atom is 0.306 e. The molecule has 0 heterocycles. The maximum atomic E-state index is 12.9. The van der Waals surface area contributed by atoms with Crippen molar-refractivity contribution in [1.82, 2.24) is 0 Å². The van der Waals surface area contributed by atoms with Gasteiger partial charge in [0.2, 0.25) is 0 Å². The molecule has 436 valence electrons. The van der Waals surface area contributed by atoms with Gasteiger partial charge in [-0.25, -0.2) is 0 Å². The van der Waals surface area contributed by atoms with Crippen molar-refractivity contribution >= 4 is 17.9 Å². The van der Waals surface area contributed by atoms with Crippen molar-refractivity contribution in [2.45, 2.75) is 316 Å². The summed E-state index contributed by atoms with van der Waals surface area (Å²) in [6.07, 6.45) is 85.6. The lowest BCUT2D eigenvalue weighted by Crippen LogP contribution is -2.30. The van der Waals surface area contributed by atoms with E-state index in [1.807, 2.05) is 0 Å². The first-order valence-electron chi connectivity index (χ1n) is 32.2. The van der Waals surface area contributed by atoms with Crippen LogP contribution in [0.2, 0.25) is 0 Å². The number of allylic oxidation sites excluding steroid dienone is 16. The molecule has 0 radical (unpaired) electrons. The largest absolute Gasteiger partial charge is 0.462 e. The SMILES string of the molecule is CC/C=C\C/C=C\C/C=C\C/C=C\C/C=C\CCCCCCCCCCCCCC(=O)OCC(COC(=O)CCCCCCC/C=C\C/C=C\CCC)OC(=O)CCCCCCCCC/C=C\CCCCCCCCC. The molecule has 0 spiro atoms. The van der Waals surface area contributed by atoms with Gasteiger partial charge in [0, 0.05) is 19.3 Å². The first-order valence-corrected chi connectivity index (χ1v) is 32.2. The Morgan fingerprint density at radius 3 is 0.868 bits per heavy atom. The molecule has 0 aliphatic carbocycles. The van der Waals surface area contributed by atoms with Gasteiger partial charge in [0.15, 0.2) is 6.10 Å². The number of carbonyl (C=O) groups is 3. The van der Waals surface area contributed by atoms with Crippen LogP contribution in [0.4, 0.5) is 0 Å². The first kappa shape index (κ1) is 72.3. The Bertz CT molecular complexity index is 1490. The van der Waals surface area contributed by atoms with Crippen molar-refractivity contribution in [1.29, 1.82) is 0 Å². The maximum absolute atomic E-state index is 12.9. The minimum atomic E-state index is -0.788. The van der Waals surface area contributed by atoms with Crippen LogP contribution >= 0.6 is 0 Å². The molecule has 6 heteroatoms. The van der Waals surface area contributed by atoms with Crippen LogP contribution < -0.4 is 0 Å². The number of hydrogen-bond donors (Lipinski definition) is 0. The number of esters is 3. The van der Waals surface area contributed by atoms with Crippen LogP contribution in [0, 0.1) is 0 Å². The third-order valence-electron chi connectivity index (χ3n) is 13.8. The fourth-order valence-corrected chi connectivity index (χ4v) is 8.97. The zero-order chi connectivity index (χ0) is 55.0. The van der Waals surface area contributed by atoms with Crippen LogP contribution in [0.1, 0.15) is 310 Å². The second-order valence-corrected chi connectivity index (χ2v) is 21.3. The molecule has 1 unspecified atom stereocenters. The van der Waals surface area contributed by atoms with Crippen LogP contribution in [-0.4, -0.2) is 37.2 Å². The smallest absolute Gasteiger partial charge is 0.306 e. The summed E-state index contributed by atoms with van der Waals surface area (Å²) in [7, 11) is 0. The van der Waals surface area contributed by atoms with E-state index in [1.54, 1.807) is 0 Å². The summed E-state index contributed by atoms with van der Waals surface area (Å²) >= 11 is 0. The van der Waals surface area contributed by atoms with Crippen LogP contribution in [0.3, 0.4) is 0 Å². The Hall–Kier alpha value is -3.67. The van der Waals surface area contributed by atoms with Crippen molar-refractivity contribution in [3.05, 3.63) is 97.2 Å². The van der Waals surface area contributed by atoms with Crippen molar-refractivity contribution in [3.8, 4) is 0 Å². The summed E-state index contributed by atoms with van der Waals surface area (Å²) in [6.45, 7) is 6.47. The van der Waals surface area contributed by atoms with E-state index in [4.69, 9.17) is 14.2 Å². The highest BCUT2D eigenvalue weighted by Gasteiger charge is 2.19. The molecule has 0 saturated carbocycles. The molecule has 0 aromatic heterocycles. The monoisotopic (exact) mass is 1060 g/mol. The van der Waals surface area contributed by atoms with E-state index >= 15 is 0 Å². The summed E-state index contributed by atoms with van der Waals surface area (Å²) in [5, 5.41) is 0. The lowest BCUT2D eigenvalue weighted by Gasteiger charge is -2.18. The molecule has 0 bridgehead atoms. The summed E-state index contributed by atoms with van der Waals surface area (Å²) in [6, 6.07) is 0. The fraction of sp³-hybridized carbons (Fsp3) is 0.729. The zero-order valence-corrected chi connectivity index (χ0v) is 50.0. The van der Waals surface area contributed by atoms with E-state index in [-0.39, 0.29) is 31.1 Å². The quantitative estimate of drug-likeness (QED) is 0.0261. The number of ether oxygens (including phenoxy) is 3. The average molecular weight is 1060 g/mol. The molecule has 0 aliphatic rings. The second-order valence-electron chi connectivity index (χ2n) is 21.3. The van der Waals surface area contributed by atoms with E-state index in [2.05, 4.69) is 118 Å². The first-order chi connectivity index (χ1) is 37.5. The highest BCUT2D eigenvalue weighted by Crippen LogP contribution is 2.16. The Morgan fingerprint density at radius 1 is 0.276 bits per heavy atom. The van der Waals surface area contributed by atoms with Gasteiger partial charge in [-0.05, 0) is 116 Å². The summed E-state index contributed by atoms with van der Waals surface area (Å²) in [5.41, 5.74) is 0. The van der Waals surface area contributed by atoms with Gasteiger partial charge in [-0.15, -0.1) is 0 Å². The molecule has 1 atom stereocenters. The predicted octanol–water partition coefficient (Wildman–Crippen LogP) is 22.0. The molecule has 0 aliphatic heterocycles. The molecule has 0 amide bonds. The topological polar surface area (TPSA) is 78.9 Å². The van der Waals surface area contributed by atoms with E-state index in [1.165, 1.54) is 148 Å². The molecular formula is C70H120O6. The molecule has 0 N–H and O–H groups in total. The molecule has 6 nitrogen and oxygen atoms in total. The molecular weight excluding hydrogens is 937 g/mol.